The van der Waals surface area contributed by atoms with Crippen molar-refractivity contribution in [2.24, 2.45) is 4.99 Å². The largest absolute Gasteiger partial charge is 0.380 e. The molecule has 0 aliphatic carbocycles. The zero-order valence-corrected chi connectivity index (χ0v) is 17.3. The van der Waals surface area contributed by atoms with E-state index in [-0.39, 0.29) is 0 Å². The van der Waals surface area contributed by atoms with Gasteiger partial charge in [0.05, 0.1) is 25.4 Å². The fourth-order valence-electron chi connectivity index (χ4n) is 3.32. The van der Waals surface area contributed by atoms with Gasteiger partial charge in [-0.05, 0) is 38.8 Å². The third kappa shape index (κ3) is 8.28. The Kier molecular flexibility index (Phi) is 9.59. The number of nitrogens with one attached hydrogen (secondary N) is 2. The first-order valence-electron chi connectivity index (χ1n) is 10.2. The van der Waals surface area contributed by atoms with Gasteiger partial charge in [0.1, 0.15) is 0 Å². The Balaban J connectivity index is 1.84. The molecule has 27 heavy (non-hydrogen) atoms. The molecule has 1 fully saturated rings. The Morgan fingerprint density at radius 3 is 2.41 bits per heavy atom. The minimum Gasteiger partial charge on any atom is -0.380 e. The predicted molar refractivity (Wildman–Crippen MR) is 111 cm³/mol. The van der Waals surface area contributed by atoms with Crippen LogP contribution in [-0.2, 0) is 22.6 Å². The topological polar surface area (TPSA) is 58.1 Å². The second kappa shape index (κ2) is 12.0. The molecule has 0 aromatic heterocycles. The molecule has 6 heteroatoms. The van der Waals surface area contributed by atoms with Crippen LogP contribution in [0.5, 0.6) is 0 Å². The minimum atomic E-state index is 0.307. The van der Waals surface area contributed by atoms with Crippen molar-refractivity contribution in [3.63, 3.8) is 0 Å². The molecule has 1 aromatic carbocycles. The molecule has 2 N–H and O–H groups in total. The highest BCUT2D eigenvalue weighted by molar-refractivity contribution is 5.79. The standard InChI is InChI=1S/C21H36N4O2/c1-5-22-21(23-11-12-26-6-2)24-13-19-7-9-20(10-8-19)16-25-14-17(3)27-18(4)15-25/h7-10,17-18H,5-6,11-16H2,1-4H3,(H2,22,23,24). The van der Waals surface area contributed by atoms with Crippen LogP contribution in [0, 0.1) is 0 Å². The number of hydrogen-bond donors (Lipinski definition) is 2. The Hall–Kier alpha value is -1.63. The average Bonchev–Trinajstić information content (AvgIpc) is 2.63. The highest BCUT2D eigenvalue weighted by Crippen LogP contribution is 2.15. The Morgan fingerprint density at radius 1 is 1.11 bits per heavy atom. The van der Waals surface area contributed by atoms with Gasteiger partial charge in [-0.25, -0.2) is 4.99 Å². The summed E-state index contributed by atoms with van der Waals surface area (Å²) in [5.41, 5.74) is 2.55. The third-order valence-corrected chi connectivity index (χ3v) is 4.43. The summed E-state index contributed by atoms with van der Waals surface area (Å²) < 4.78 is 11.2. The summed E-state index contributed by atoms with van der Waals surface area (Å²) in [4.78, 5) is 7.13. The maximum absolute atomic E-state index is 5.81. The Morgan fingerprint density at radius 2 is 1.78 bits per heavy atom. The summed E-state index contributed by atoms with van der Waals surface area (Å²) in [6.45, 7) is 15.0. The van der Waals surface area contributed by atoms with Crippen LogP contribution < -0.4 is 10.6 Å². The van der Waals surface area contributed by atoms with Gasteiger partial charge in [-0.15, -0.1) is 0 Å². The van der Waals surface area contributed by atoms with Crippen LogP contribution >= 0.6 is 0 Å². The van der Waals surface area contributed by atoms with Crippen molar-refractivity contribution < 1.29 is 9.47 Å². The monoisotopic (exact) mass is 376 g/mol. The Labute approximate surface area is 164 Å². The molecule has 6 nitrogen and oxygen atoms in total. The van der Waals surface area contributed by atoms with Gasteiger partial charge in [-0.1, -0.05) is 24.3 Å². The number of guanidine groups is 1. The van der Waals surface area contributed by atoms with Gasteiger partial charge in [-0.3, -0.25) is 4.90 Å². The van der Waals surface area contributed by atoms with Gasteiger partial charge in [0.25, 0.3) is 0 Å². The first-order chi connectivity index (χ1) is 13.1. The number of nitrogens with zero attached hydrogens (tertiary/aromatic N) is 2. The molecule has 1 heterocycles. The van der Waals surface area contributed by atoms with E-state index in [0.717, 1.165) is 45.3 Å². The molecule has 1 aliphatic heterocycles. The van der Waals surface area contributed by atoms with E-state index in [4.69, 9.17) is 9.47 Å². The lowest BCUT2D eigenvalue weighted by Gasteiger charge is -2.35. The van der Waals surface area contributed by atoms with E-state index in [0.29, 0.717) is 25.4 Å². The van der Waals surface area contributed by atoms with E-state index in [2.05, 4.69) is 65.6 Å². The number of ether oxygens (including phenoxy) is 2. The summed E-state index contributed by atoms with van der Waals surface area (Å²) in [5.74, 6) is 0.831. The molecule has 1 saturated heterocycles. The van der Waals surface area contributed by atoms with E-state index in [9.17, 15) is 0 Å². The summed E-state index contributed by atoms with van der Waals surface area (Å²) in [6, 6.07) is 8.78. The van der Waals surface area contributed by atoms with Crippen molar-refractivity contribution in [2.45, 2.75) is 53.0 Å². The average molecular weight is 377 g/mol. The number of morpholine rings is 1. The van der Waals surface area contributed by atoms with Crippen molar-refractivity contribution >= 4 is 5.96 Å². The van der Waals surface area contributed by atoms with Gasteiger partial charge >= 0.3 is 0 Å². The molecule has 2 atom stereocenters. The molecule has 2 rings (SSSR count). The molecule has 0 radical (unpaired) electrons. The van der Waals surface area contributed by atoms with Gasteiger partial charge in [0.2, 0.25) is 0 Å². The molecule has 0 bridgehead atoms. The summed E-state index contributed by atoms with van der Waals surface area (Å²) in [5, 5.41) is 6.56. The highest BCUT2D eigenvalue weighted by Gasteiger charge is 2.21. The summed E-state index contributed by atoms with van der Waals surface area (Å²) in [6.07, 6.45) is 0.615. The smallest absolute Gasteiger partial charge is 0.191 e. The van der Waals surface area contributed by atoms with Crippen LogP contribution in [0.15, 0.2) is 29.3 Å². The molecule has 2 unspecified atom stereocenters. The molecule has 1 aromatic rings. The summed E-state index contributed by atoms with van der Waals surface area (Å²) >= 11 is 0. The second-order valence-electron chi connectivity index (χ2n) is 7.09. The second-order valence-corrected chi connectivity index (χ2v) is 7.09. The first kappa shape index (κ1) is 21.7. The SMILES string of the molecule is CCNC(=NCc1ccc(CN2CC(C)OC(C)C2)cc1)NCCOCC. The number of hydrogen-bond acceptors (Lipinski definition) is 4. The molecular weight excluding hydrogens is 340 g/mol. The van der Waals surface area contributed by atoms with E-state index < -0.39 is 0 Å². The van der Waals surface area contributed by atoms with Crippen molar-refractivity contribution in [1.82, 2.24) is 15.5 Å². The van der Waals surface area contributed by atoms with Gasteiger partial charge in [-0.2, -0.15) is 0 Å². The lowest BCUT2D eigenvalue weighted by atomic mass is 10.1. The quantitative estimate of drug-likeness (QED) is 0.394. The zero-order chi connectivity index (χ0) is 19.5. The highest BCUT2D eigenvalue weighted by atomic mass is 16.5. The van der Waals surface area contributed by atoms with E-state index in [1.807, 2.05) is 6.92 Å². The maximum Gasteiger partial charge on any atom is 0.191 e. The van der Waals surface area contributed by atoms with E-state index in [1.165, 1.54) is 11.1 Å². The van der Waals surface area contributed by atoms with Crippen molar-refractivity contribution in [3.8, 4) is 0 Å². The van der Waals surface area contributed by atoms with Crippen LogP contribution in [0.3, 0.4) is 0 Å². The molecule has 0 amide bonds. The number of benzene rings is 1. The lowest BCUT2D eigenvalue weighted by Crippen LogP contribution is -2.44. The predicted octanol–water partition coefficient (Wildman–Crippen LogP) is 2.39. The molecule has 0 saturated carbocycles. The molecular formula is C21H36N4O2. The molecule has 0 spiro atoms. The van der Waals surface area contributed by atoms with E-state index >= 15 is 0 Å². The van der Waals surface area contributed by atoms with Crippen LogP contribution in [-0.4, -0.2) is 62.5 Å². The fraction of sp³-hybridized carbons (Fsp3) is 0.667. The van der Waals surface area contributed by atoms with Gasteiger partial charge < -0.3 is 20.1 Å². The van der Waals surface area contributed by atoms with Crippen LogP contribution in [0.4, 0.5) is 0 Å². The van der Waals surface area contributed by atoms with Crippen LogP contribution in [0.2, 0.25) is 0 Å². The maximum atomic E-state index is 5.81. The third-order valence-electron chi connectivity index (χ3n) is 4.43. The minimum absolute atomic E-state index is 0.307. The normalized spacial score (nSPS) is 21.3. The molecule has 1 aliphatic rings. The summed E-state index contributed by atoms with van der Waals surface area (Å²) in [7, 11) is 0. The number of aliphatic imine (C=N–C) groups is 1. The van der Waals surface area contributed by atoms with E-state index in [1.54, 1.807) is 0 Å². The first-order valence-corrected chi connectivity index (χ1v) is 10.2. The van der Waals surface area contributed by atoms with Crippen LogP contribution in [0.1, 0.15) is 38.8 Å². The number of rotatable bonds is 9. The van der Waals surface area contributed by atoms with Crippen molar-refractivity contribution in [3.05, 3.63) is 35.4 Å². The van der Waals surface area contributed by atoms with Crippen molar-refractivity contribution in [1.29, 1.82) is 0 Å². The van der Waals surface area contributed by atoms with Crippen molar-refractivity contribution in [2.75, 3.05) is 39.4 Å². The van der Waals surface area contributed by atoms with Gasteiger partial charge in [0, 0.05) is 39.3 Å². The van der Waals surface area contributed by atoms with Gasteiger partial charge in [0.15, 0.2) is 5.96 Å². The fourth-order valence-corrected chi connectivity index (χ4v) is 3.32. The lowest BCUT2D eigenvalue weighted by molar-refractivity contribution is -0.0704. The molecule has 152 valence electrons. The van der Waals surface area contributed by atoms with Crippen LogP contribution in [0.25, 0.3) is 0 Å². The zero-order valence-electron chi connectivity index (χ0n) is 17.3. The Bertz CT molecular complexity index is 552.